The monoisotopic (exact) mass is 282 g/mol. The molecule has 1 N–H and O–H groups in total. The number of nitrogens with zero attached hydrogens (tertiary/aromatic N) is 1. The van der Waals surface area contributed by atoms with Crippen molar-refractivity contribution >= 4 is 17.8 Å². The molecule has 0 bridgehead atoms. The molecule has 4 heteroatoms. The zero-order valence-electron chi connectivity index (χ0n) is 10.8. The highest BCUT2D eigenvalue weighted by Gasteiger charge is 2.09. The summed E-state index contributed by atoms with van der Waals surface area (Å²) in [6.07, 6.45) is 1.74. The van der Waals surface area contributed by atoms with Crippen molar-refractivity contribution in [3.05, 3.63) is 72.4 Å². The number of rotatable bonds is 5. The van der Waals surface area contributed by atoms with E-state index in [4.69, 9.17) is 4.52 Å². The van der Waals surface area contributed by atoms with Gasteiger partial charge in [0.25, 0.3) is 0 Å². The molecule has 0 saturated heterocycles. The highest BCUT2D eigenvalue weighted by Crippen LogP contribution is 2.29. The molecule has 0 amide bonds. The SMILES string of the molecule is c1ccc(CSNc2oncc2-c2ccccc2)cc1. The summed E-state index contributed by atoms with van der Waals surface area (Å²) >= 11 is 1.59. The van der Waals surface area contributed by atoms with E-state index in [-0.39, 0.29) is 0 Å². The van der Waals surface area contributed by atoms with Gasteiger partial charge in [-0.25, -0.2) is 0 Å². The van der Waals surface area contributed by atoms with E-state index < -0.39 is 0 Å². The van der Waals surface area contributed by atoms with Crippen LogP contribution in [0.4, 0.5) is 5.88 Å². The molecule has 0 saturated carbocycles. The van der Waals surface area contributed by atoms with Crippen molar-refractivity contribution in [1.82, 2.24) is 5.16 Å². The highest BCUT2D eigenvalue weighted by molar-refractivity contribution is 7.99. The quantitative estimate of drug-likeness (QED) is 0.694. The largest absolute Gasteiger partial charge is 0.337 e. The van der Waals surface area contributed by atoms with Crippen LogP contribution in [-0.4, -0.2) is 5.16 Å². The van der Waals surface area contributed by atoms with Crippen LogP contribution in [0, 0.1) is 0 Å². The van der Waals surface area contributed by atoms with Gasteiger partial charge in [-0.15, -0.1) is 0 Å². The van der Waals surface area contributed by atoms with Crippen molar-refractivity contribution in [3.8, 4) is 11.1 Å². The van der Waals surface area contributed by atoms with Gasteiger partial charge in [0, 0.05) is 5.75 Å². The fourth-order valence-electron chi connectivity index (χ4n) is 1.90. The Bertz CT molecular complexity index is 653. The van der Waals surface area contributed by atoms with Crippen molar-refractivity contribution in [3.63, 3.8) is 0 Å². The van der Waals surface area contributed by atoms with E-state index in [0.717, 1.165) is 16.9 Å². The van der Waals surface area contributed by atoms with Crippen LogP contribution in [0.25, 0.3) is 11.1 Å². The average Bonchev–Trinajstić information content (AvgIpc) is 2.98. The van der Waals surface area contributed by atoms with E-state index in [0.29, 0.717) is 5.88 Å². The maximum atomic E-state index is 5.28. The molecule has 100 valence electrons. The molecule has 0 aliphatic carbocycles. The summed E-state index contributed by atoms with van der Waals surface area (Å²) in [4.78, 5) is 0. The second-order valence-corrected chi connectivity index (χ2v) is 5.09. The minimum absolute atomic E-state index is 0.692. The first kappa shape index (κ1) is 12.8. The lowest BCUT2D eigenvalue weighted by Gasteiger charge is -2.04. The van der Waals surface area contributed by atoms with Crippen molar-refractivity contribution < 1.29 is 4.52 Å². The Labute approximate surface area is 122 Å². The molecule has 0 aliphatic heterocycles. The van der Waals surface area contributed by atoms with E-state index in [2.05, 4.69) is 22.0 Å². The van der Waals surface area contributed by atoms with Gasteiger partial charge in [-0.1, -0.05) is 65.8 Å². The summed E-state index contributed by atoms with van der Waals surface area (Å²) in [5.41, 5.74) is 3.34. The van der Waals surface area contributed by atoms with Gasteiger partial charge < -0.3 is 4.52 Å². The Hall–Kier alpha value is -2.20. The first-order chi connectivity index (χ1) is 9.93. The minimum Gasteiger partial charge on any atom is -0.337 e. The van der Waals surface area contributed by atoms with E-state index >= 15 is 0 Å². The van der Waals surface area contributed by atoms with Crippen LogP contribution in [0.2, 0.25) is 0 Å². The Morgan fingerprint density at radius 1 is 0.950 bits per heavy atom. The van der Waals surface area contributed by atoms with Gasteiger partial charge >= 0.3 is 0 Å². The van der Waals surface area contributed by atoms with Gasteiger partial charge in [0.05, 0.1) is 11.8 Å². The Balaban J connectivity index is 1.66. The molecule has 1 aromatic heterocycles. The van der Waals surface area contributed by atoms with Gasteiger partial charge in [0.2, 0.25) is 5.88 Å². The van der Waals surface area contributed by atoms with Crippen LogP contribution in [0.1, 0.15) is 5.56 Å². The summed E-state index contributed by atoms with van der Waals surface area (Å²) in [6, 6.07) is 20.4. The zero-order valence-corrected chi connectivity index (χ0v) is 11.6. The van der Waals surface area contributed by atoms with Crippen LogP contribution in [0.15, 0.2) is 71.4 Å². The van der Waals surface area contributed by atoms with Gasteiger partial charge in [0.15, 0.2) is 0 Å². The Morgan fingerprint density at radius 2 is 1.65 bits per heavy atom. The summed E-state index contributed by atoms with van der Waals surface area (Å²) in [6.45, 7) is 0. The average molecular weight is 282 g/mol. The van der Waals surface area contributed by atoms with Crippen molar-refractivity contribution in [2.75, 3.05) is 4.72 Å². The van der Waals surface area contributed by atoms with Gasteiger partial charge in [0.1, 0.15) is 0 Å². The van der Waals surface area contributed by atoms with E-state index in [1.165, 1.54) is 5.56 Å². The standard InChI is InChI=1S/C16H14N2OS/c1-3-7-13(8-4-1)12-20-18-16-15(11-17-19-16)14-9-5-2-6-10-14/h1-11,18H,12H2. The molecule has 0 atom stereocenters. The molecular formula is C16H14N2OS. The fraction of sp³-hybridized carbons (Fsp3) is 0.0625. The van der Waals surface area contributed by atoms with Crippen molar-refractivity contribution in [2.45, 2.75) is 5.75 Å². The number of hydrogen-bond donors (Lipinski definition) is 1. The first-order valence-corrected chi connectivity index (χ1v) is 7.34. The summed E-state index contributed by atoms with van der Waals surface area (Å²) < 4.78 is 8.50. The second-order valence-electron chi connectivity index (χ2n) is 4.31. The van der Waals surface area contributed by atoms with E-state index in [1.54, 1.807) is 18.1 Å². The third-order valence-electron chi connectivity index (χ3n) is 2.90. The van der Waals surface area contributed by atoms with Gasteiger partial charge in [-0.3, -0.25) is 4.72 Å². The minimum atomic E-state index is 0.692. The first-order valence-electron chi connectivity index (χ1n) is 6.35. The number of anilines is 1. The molecular weight excluding hydrogens is 268 g/mol. The lowest BCUT2D eigenvalue weighted by Crippen LogP contribution is -1.89. The van der Waals surface area contributed by atoms with Crippen LogP contribution in [-0.2, 0) is 5.75 Å². The smallest absolute Gasteiger partial charge is 0.242 e. The number of nitrogens with one attached hydrogen (secondary N) is 1. The molecule has 2 aromatic carbocycles. The predicted octanol–water partition coefficient (Wildman–Crippen LogP) is 4.60. The maximum absolute atomic E-state index is 5.28. The molecule has 3 aromatic rings. The predicted molar refractivity (Wildman–Crippen MR) is 83.3 cm³/mol. The fourth-order valence-corrected chi connectivity index (χ4v) is 2.61. The molecule has 3 nitrogen and oxygen atoms in total. The number of hydrogen-bond acceptors (Lipinski definition) is 4. The lowest BCUT2D eigenvalue weighted by molar-refractivity contribution is 0.437. The molecule has 0 fully saturated rings. The normalized spacial score (nSPS) is 10.4. The molecule has 20 heavy (non-hydrogen) atoms. The molecule has 0 aliphatic rings. The molecule has 0 spiro atoms. The topological polar surface area (TPSA) is 38.1 Å². The zero-order chi connectivity index (χ0) is 13.6. The Morgan fingerprint density at radius 3 is 2.40 bits per heavy atom. The van der Waals surface area contributed by atoms with Gasteiger partial charge in [-0.05, 0) is 23.1 Å². The van der Waals surface area contributed by atoms with Crippen LogP contribution >= 0.6 is 11.9 Å². The van der Waals surface area contributed by atoms with Crippen LogP contribution in [0.5, 0.6) is 0 Å². The molecule has 0 radical (unpaired) electrons. The third kappa shape index (κ3) is 3.03. The van der Waals surface area contributed by atoms with Gasteiger partial charge in [-0.2, -0.15) is 0 Å². The Kier molecular flexibility index (Phi) is 4.04. The summed E-state index contributed by atoms with van der Waals surface area (Å²) in [5, 5.41) is 3.87. The van der Waals surface area contributed by atoms with Crippen LogP contribution < -0.4 is 4.72 Å². The van der Waals surface area contributed by atoms with Crippen molar-refractivity contribution in [1.29, 1.82) is 0 Å². The lowest BCUT2D eigenvalue weighted by atomic mass is 10.1. The second kappa shape index (κ2) is 6.30. The van der Waals surface area contributed by atoms with E-state index in [1.807, 2.05) is 48.5 Å². The number of aromatic nitrogens is 1. The summed E-state index contributed by atoms with van der Waals surface area (Å²) in [7, 11) is 0. The highest BCUT2D eigenvalue weighted by atomic mass is 32.2. The van der Waals surface area contributed by atoms with E-state index in [9.17, 15) is 0 Å². The summed E-state index contributed by atoms with van der Waals surface area (Å²) in [5.74, 6) is 1.56. The molecule has 3 rings (SSSR count). The number of benzene rings is 2. The molecule has 1 heterocycles. The molecule has 0 unspecified atom stereocenters. The van der Waals surface area contributed by atoms with Crippen LogP contribution in [0.3, 0.4) is 0 Å². The van der Waals surface area contributed by atoms with Crippen molar-refractivity contribution in [2.24, 2.45) is 0 Å². The third-order valence-corrected chi connectivity index (χ3v) is 3.71. The maximum Gasteiger partial charge on any atom is 0.242 e.